The van der Waals surface area contributed by atoms with Crippen LogP contribution in [0.3, 0.4) is 0 Å². The van der Waals surface area contributed by atoms with Crippen molar-refractivity contribution in [3.8, 4) is 0 Å². The average Bonchev–Trinajstić information content (AvgIpc) is 2.91. The normalized spacial score (nSPS) is 13.6. The van der Waals surface area contributed by atoms with E-state index in [9.17, 15) is 4.79 Å². The van der Waals surface area contributed by atoms with Crippen LogP contribution in [0, 0.1) is 0 Å². The summed E-state index contributed by atoms with van der Waals surface area (Å²) in [4.78, 5) is 12.9. The van der Waals surface area contributed by atoms with Gasteiger partial charge in [-0.1, -0.05) is 6.07 Å². The standard InChI is InChI=1S/C13H23N3OS/c1-13(15-3,16-4)9-10(14-2)8-11(17)12-6-5-7-18-12/h5-7,10,14-16H,8-9H2,1-4H3. The third-order valence-electron chi connectivity index (χ3n) is 3.39. The molecule has 1 unspecified atom stereocenters. The summed E-state index contributed by atoms with van der Waals surface area (Å²) < 4.78 is 0. The topological polar surface area (TPSA) is 53.2 Å². The zero-order valence-electron chi connectivity index (χ0n) is 11.5. The maximum Gasteiger partial charge on any atom is 0.174 e. The van der Waals surface area contributed by atoms with Gasteiger partial charge >= 0.3 is 0 Å². The summed E-state index contributed by atoms with van der Waals surface area (Å²) in [7, 11) is 5.74. The van der Waals surface area contributed by atoms with Crippen molar-refractivity contribution in [1.82, 2.24) is 16.0 Å². The molecule has 0 bridgehead atoms. The summed E-state index contributed by atoms with van der Waals surface area (Å²) in [5.74, 6) is 0.207. The van der Waals surface area contributed by atoms with E-state index in [4.69, 9.17) is 0 Å². The van der Waals surface area contributed by atoms with Crippen molar-refractivity contribution >= 4 is 17.1 Å². The minimum Gasteiger partial charge on any atom is -0.316 e. The van der Waals surface area contributed by atoms with Gasteiger partial charge in [0, 0.05) is 12.5 Å². The predicted octanol–water partition coefficient (Wildman–Crippen LogP) is 1.45. The Morgan fingerprint density at radius 3 is 2.50 bits per heavy atom. The quantitative estimate of drug-likeness (QED) is 0.494. The smallest absolute Gasteiger partial charge is 0.174 e. The first-order chi connectivity index (χ1) is 8.54. The molecule has 1 heterocycles. The largest absolute Gasteiger partial charge is 0.316 e. The fourth-order valence-electron chi connectivity index (χ4n) is 1.86. The first-order valence-electron chi connectivity index (χ1n) is 6.16. The van der Waals surface area contributed by atoms with Gasteiger partial charge in [0.2, 0.25) is 0 Å². The van der Waals surface area contributed by atoms with Crippen LogP contribution in [0.2, 0.25) is 0 Å². The van der Waals surface area contributed by atoms with Gasteiger partial charge in [0.05, 0.1) is 10.5 Å². The minimum absolute atomic E-state index is 0.157. The first-order valence-corrected chi connectivity index (χ1v) is 7.04. The molecule has 0 saturated carbocycles. The SMILES string of the molecule is CNC(CC(=O)c1cccs1)CC(C)(NC)NC. The average molecular weight is 269 g/mol. The highest BCUT2D eigenvalue weighted by molar-refractivity contribution is 7.12. The number of carbonyl (C=O) groups excluding carboxylic acids is 1. The highest BCUT2D eigenvalue weighted by atomic mass is 32.1. The lowest BCUT2D eigenvalue weighted by atomic mass is 9.97. The molecule has 1 aromatic heterocycles. The van der Waals surface area contributed by atoms with Gasteiger partial charge < -0.3 is 16.0 Å². The summed E-state index contributed by atoms with van der Waals surface area (Å²) in [5.41, 5.74) is -0.163. The van der Waals surface area contributed by atoms with Crippen molar-refractivity contribution in [1.29, 1.82) is 0 Å². The molecule has 1 rings (SSSR count). The van der Waals surface area contributed by atoms with Gasteiger partial charge in [-0.3, -0.25) is 4.79 Å². The molecule has 0 radical (unpaired) electrons. The number of ketones is 1. The summed E-state index contributed by atoms with van der Waals surface area (Å²) in [6.07, 6.45) is 1.36. The predicted molar refractivity (Wildman–Crippen MR) is 77.3 cm³/mol. The minimum atomic E-state index is -0.163. The molecule has 0 saturated heterocycles. The van der Waals surface area contributed by atoms with Crippen molar-refractivity contribution in [2.24, 2.45) is 0 Å². The Morgan fingerprint density at radius 1 is 1.39 bits per heavy atom. The van der Waals surface area contributed by atoms with Crippen LogP contribution >= 0.6 is 11.3 Å². The second-order valence-corrected chi connectivity index (χ2v) is 5.57. The van der Waals surface area contributed by atoms with Crippen LogP contribution in [0.1, 0.15) is 29.4 Å². The van der Waals surface area contributed by atoms with Gasteiger partial charge in [-0.05, 0) is 45.9 Å². The van der Waals surface area contributed by atoms with Crippen LogP contribution in [0.25, 0.3) is 0 Å². The molecule has 0 amide bonds. The molecule has 0 aliphatic rings. The van der Waals surface area contributed by atoms with Gasteiger partial charge in [0.15, 0.2) is 5.78 Å². The van der Waals surface area contributed by atoms with Crippen molar-refractivity contribution in [2.45, 2.75) is 31.5 Å². The van der Waals surface area contributed by atoms with E-state index in [0.717, 1.165) is 11.3 Å². The van der Waals surface area contributed by atoms with Gasteiger partial charge in [0.1, 0.15) is 0 Å². The van der Waals surface area contributed by atoms with E-state index in [-0.39, 0.29) is 17.5 Å². The van der Waals surface area contributed by atoms with E-state index in [2.05, 4.69) is 22.9 Å². The lowest BCUT2D eigenvalue weighted by molar-refractivity contribution is 0.0965. The van der Waals surface area contributed by atoms with Gasteiger partial charge in [-0.2, -0.15) is 0 Å². The number of nitrogens with one attached hydrogen (secondary N) is 3. The number of Topliss-reactive ketones (excluding diaryl/α,β-unsaturated/α-hetero) is 1. The molecule has 0 aliphatic carbocycles. The van der Waals surface area contributed by atoms with Crippen molar-refractivity contribution in [2.75, 3.05) is 21.1 Å². The Kier molecular flexibility index (Phi) is 5.95. The second kappa shape index (κ2) is 6.99. The lowest BCUT2D eigenvalue weighted by Gasteiger charge is -2.32. The fourth-order valence-corrected chi connectivity index (χ4v) is 2.54. The summed E-state index contributed by atoms with van der Waals surface area (Å²) in [5, 5.41) is 11.6. The molecule has 0 fully saturated rings. The Hall–Kier alpha value is -0.750. The molecule has 3 N–H and O–H groups in total. The van der Waals surface area contributed by atoms with Crippen LogP contribution in [-0.4, -0.2) is 38.6 Å². The molecule has 4 nitrogen and oxygen atoms in total. The van der Waals surface area contributed by atoms with E-state index in [1.54, 1.807) is 0 Å². The molecule has 5 heteroatoms. The van der Waals surface area contributed by atoms with Crippen molar-refractivity contribution < 1.29 is 4.79 Å². The number of rotatable bonds is 8. The van der Waals surface area contributed by atoms with Gasteiger partial charge in [0.25, 0.3) is 0 Å². The third kappa shape index (κ3) is 4.17. The zero-order valence-corrected chi connectivity index (χ0v) is 12.4. The molecule has 18 heavy (non-hydrogen) atoms. The van der Waals surface area contributed by atoms with Crippen LogP contribution in [-0.2, 0) is 0 Å². The van der Waals surface area contributed by atoms with Crippen LogP contribution < -0.4 is 16.0 Å². The van der Waals surface area contributed by atoms with Crippen molar-refractivity contribution in [3.63, 3.8) is 0 Å². The van der Waals surface area contributed by atoms with Gasteiger partial charge in [-0.15, -0.1) is 11.3 Å². The monoisotopic (exact) mass is 269 g/mol. The summed E-state index contributed by atoms with van der Waals surface area (Å²) >= 11 is 1.50. The summed E-state index contributed by atoms with van der Waals surface area (Å²) in [6.45, 7) is 2.09. The van der Waals surface area contributed by atoms with Crippen LogP contribution in [0.5, 0.6) is 0 Å². The lowest BCUT2D eigenvalue weighted by Crippen LogP contribution is -2.54. The maximum absolute atomic E-state index is 12.1. The number of thiophene rings is 1. The molecule has 0 aromatic carbocycles. The Bertz CT molecular complexity index is 360. The fraction of sp³-hybridized carbons (Fsp3) is 0.615. The van der Waals surface area contributed by atoms with Crippen molar-refractivity contribution in [3.05, 3.63) is 22.4 Å². The van der Waals surface area contributed by atoms with Gasteiger partial charge in [-0.25, -0.2) is 0 Å². The van der Waals surface area contributed by atoms with E-state index >= 15 is 0 Å². The van der Waals surface area contributed by atoms with Crippen LogP contribution in [0.4, 0.5) is 0 Å². The number of hydrogen-bond acceptors (Lipinski definition) is 5. The molecular weight excluding hydrogens is 246 g/mol. The molecule has 102 valence electrons. The summed E-state index contributed by atoms with van der Waals surface area (Å²) in [6, 6.07) is 3.96. The van der Waals surface area contributed by atoms with E-state index < -0.39 is 0 Å². The van der Waals surface area contributed by atoms with E-state index in [0.29, 0.717) is 6.42 Å². The molecule has 0 aliphatic heterocycles. The zero-order chi connectivity index (χ0) is 13.6. The molecular formula is C13H23N3OS. The molecule has 0 spiro atoms. The van der Waals surface area contributed by atoms with E-state index in [1.165, 1.54) is 11.3 Å². The highest BCUT2D eigenvalue weighted by Gasteiger charge is 2.25. The number of carbonyl (C=O) groups is 1. The first kappa shape index (κ1) is 15.3. The molecule has 1 aromatic rings. The molecule has 1 atom stereocenters. The highest BCUT2D eigenvalue weighted by Crippen LogP contribution is 2.16. The second-order valence-electron chi connectivity index (χ2n) is 4.63. The maximum atomic E-state index is 12.1. The van der Waals surface area contributed by atoms with E-state index in [1.807, 2.05) is 38.7 Å². The third-order valence-corrected chi connectivity index (χ3v) is 4.31. The Morgan fingerprint density at radius 2 is 2.06 bits per heavy atom. The van der Waals surface area contributed by atoms with Crippen LogP contribution in [0.15, 0.2) is 17.5 Å². The Balaban J connectivity index is 2.60. The number of hydrogen-bond donors (Lipinski definition) is 3. The Labute approximate surface area is 113 Å².